The van der Waals surface area contributed by atoms with Gasteiger partial charge in [-0.25, -0.2) is 4.98 Å². The van der Waals surface area contributed by atoms with E-state index in [4.69, 9.17) is 4.74 Å². The summed E-state index contributed by atoms with van der Waals surface area (Å²) in [6.45, 7) is 4.46. The molecule has 3 rings (SSSR count). The predicted octanol–water partition coefficient (Wildman–Crippen LogP) is 4.85. The molecule has 0 fully saturated rings. The van der Waals surface area contributed by atoms with Gasteiger partial charge in [-0.05, 0) is 49.7 Å². The van der Waals surface area contributed by atoms with Gasteiger partial charge in [-0.15, -0.1) is 0 Å². The molecule has 27 heavy (non-hydrogen) atoms. The number of nitrogens with one attached hydrogen (secondary N) is 2. The molecule has 138 valence electrons. The van der Waals surface area contributed by atoms with Gasteiger partial charge in [0.05, 0.1) is 24.9 Å². The average molecular weight is 361 g/mol. The molecular weight excluding hydrogens is 338 g/mol. The highest BCUT2D eigenvalue weighted by Gasteiger charge is 2.05. The maximum absolute atomic E-state index is 12.0. The normalized spacial score (nSPS) is 10.3. The number of amides is 1. The van der Waals surface area contributed by atoms with Crippen LogP contribution in [-0.2, 0) is 4.79 Å². The number of para-hydroxylation sites is 1. The van der Waals surface area contributed by atoms with Crippen molar-refractivity contribution in [2.45, 2.75) is 20.3 Å². The molecule has 1 heterocycles. The molecule has 0 unspecified atom stereocenters. The van der Waals surface area contributed by atoms with Crippen LogP contribution in [0.1, 0.15) is 17.5 Å². The number of nitrogens with zero attached hydrogens (tertiary/aromatic N) is 1. The van der Waals surface area contributed by atoms with Crippen molar-refractivity contribution in [1.82, 2.24) is 4.98 Å². The lowest BCUT2D eigenvalue weighted by Gasteiger charge is -2.11. The Kier molecular flexibility index (Phi) is 6.05. The van der Waals surface area contributed by atoms with E-state index in [0.29, 0.717) is 12.4 Å². The summed E-state index contributed by atoms with van der Waals surface area (Å²) in [5.74, 6) is 1.14. The second-order valence-corrected chi connectivity index (χ2v) is 6.34. The zero-order valence-electron chi connectivity index (χ0n) is 15.5. The fourth-order valence-corrected chi connectivity index (χ4v) is 2.63. The van der Waals surface area contributed by atoms with E-state index in [1.165, 1.54) is 11.1 Å². The van der Waals surface area contributed by atoms with E-state index in [2.05, 4.69) is 41.6 Å². The van der Waals surface area contributed by atoms with Gasteiger partial charge in [0.2, 0.25) is 5.91 Å². The smallest absolute Gasteiger partial charge is 0.228 e. The third kappa shape index (κ3) is 5.57. The van der Waals surface area contributed by atoms with Crippen molar-refractivity contribution in [3.63, 3.8) is 0 Å². The Morgan fingerprint density at radius 2 is 1.85 bits per heavy atom. The van der Waals surface area contributed by atoms with Gasteiger partial charge in [0.1, 0.15) is 11.6 Å². The van der Waals surface area contributed by atoms with Crippen molar-refractivity contribution in [2.24, 2.45) is 0 Å². The van der Waals surface area contributed by atoms with E-state index in [1.54, 1.807) is 12.3 Å². The highest BCUT2D eigenvalue weighted by atomic mass is 16.5. The number of carbonyl (C=O) groups excluding carboxylic acids is 1. The van der Waals surface area contributed by atoms with Gasteiger partial charge in [0, 0.05) is 5.69 Å². The van der Waals surface area contributed by atoms with Crippen LogP contribution in [0, 0.1) is 13.8 Å². The lowest BCUT2D eigenvalue weighted by atomic mass is 10.1. The Labute approximate surface area is 159 Å². The first-order chi connectivity index (χ1) is 13.1. The fourth-order valence-electron chi connectivity index (χ4n) is 2.63. The minimum Gasteiger partial charge on any atom is -0.493 e. The molecule has 3 aromatic rings. The SMILES string of the molecule is Cc1ccc(Nc2ccc(NC(=O)CCOc3ccccc3)nc2)c(C)c1. The van der Waals surface area contributed by atoms with E-state index in [1.807, 2.05) is 42.5 Å². The summed E-state index contributed by atoms with van der Waals surface area (Å²) in [6, 6.07) is 19.3. The number of rotatable bonds is 7. The highest BCUT2D eigenvalue weighted by Crippen LogP contribution is 2.21. The van der Waals surface area contributed by atoms with E-state index >= 15 is 0 Å². The molecule has 0 radical (unpaired) electrons. The van der Waals surface area contributed by atoms with Crippen molar-refractivity contribution in [3.05, 3.63) is 78.0 Å². The van der Waals surface area contributed by atoms with Crippen LogP contribution in [0.3, 0.4) is 0 Å². The van der Waals surface area contributed by atoms with Gasteiger partial charge in [-0.3, -0.25) is 4.79 Å². The number of aromatic nitrogens is 1. The molecule has 1 amide bonds. The minimum absolute atomic E-state index is 0.131. The number of hydrogen-bond donors (Lipinski definition) is 2. The van der Waals surface area contributed by atoms with Crippen LogP contribution in [0.4, 0.5) is 17.2 Å². The van der Waals surface area contributed by atoms with Crippen molar-refractivity contribution in [3.8, 4) is 5.75 Å². The fraction of sp³-hybridized carbons (Fsp3) is 0.182. The van der Waals surface area contributed by atoms with Gasteiger partial charge in [0.25, 0.3) is 0 Å². The molecule has 1 aromatic heterocycles. The van der Waals surface area contributed by atoms with Gasteiger partial charge in [-0.2, -0.15) is 0 Å². The van der Waals surface area contributed by atoms with E-state index < -0.39 is 0 Å². The van der Waals surface area contributed by atoms with E-state index in [0.717, 1.165) is 17.1 Å². The standard InChI is InChI=1S/C22H23N3O2/c1-16-8-10-20(17(2)14-16)24-18-9-11-21(23-15-18)25-22(26)12-13-27-19-6-4-3-5-7-19/h3-11,14-15,24H,12-13H2,1-2H3,(H,23,25,26). The minimum atomic E-state index is -0.131. The van der Waals surface area contributed by atoms with Crippen molar-refractivity contribution < 1.29 is 9.53 Å². The van der Waals surface area contributed by atoms with Crippen LogP contribution in [0.2, 0.25) is 0 Å². The van der Waals surface area contributed by atoms with Crippen LogP contribution < -0.4 is 15.4 Å². The molecule has 0 saturated carbocycles. The molecule has 0 spiro atoms. The topological polar surface area (TPSA) is 63.2 Å². The molecule has 0 saturated heterocycles. The largest absolute Gasteiger partial charge is 0.493 e. The third-order valence-corrected chi connectivity index (χ3v) is 4.03. The van der Waals surface area contributed by atoms with E-state index in [9.17, 15) is 4.79 Å². The van der Waals surface area contributed by atoms with E-state index in [-0.39, 0.29) is 12.3 Å². The summed E-state index contributed by atoms with van der Waals surface area (Å²) in [6.07, 6.45) is 1.97. The molecule has 0 bridgehead atoms. The van der Waals surface area contributed by atoms with Gasteiger partial charge >= 0.3 is 0 Å². The van der Waals surface area contributed by atoms with Crippen LogP contribution in [0.15, 0.2) is 66.9 Å². The summed E-state index contributed by atoms with van der Waals surface area (Å²) < 4.78 is 5.53. The predicted molar refractivity (Wildman–Crippen MR) is 109 cm³/mol. The molecule has 5 nitrogen and oxygen atoms in total. The maximum atomic E-state index is 12.0. The first-order valence-corrected chi connectivity index (χ1v) is 8.88. The first kappa shape index (κ1) is 18.5. The van der Waals surface area contributed by atoms with Crippen molar-refractivity contribution in [2.75, 3.05) is 17.2 Å². The molecule has 2 aromatic carbocycles. The lowest BCUT2D eigenvalue weighted by molar-refractivity contribution is -0.116. The second-order valence-electron chi connectivity index (χ2n) is 6.34. The molecule has 0 aliphatic carbocycles. The van der Waals surface area contributed by atoms with Crippen LogP contribution in [0.25, 0.3) is 0 Å². The zero-order chi connectivity index (χ0) is 19.1. The number of ether oxygens (including phenoxy) is 1. The maximum Gasteiger partial charge on any atom is 0.228 e. The summed E-state index contributed by atoms with van der Waals surface area (Å²) >= 11 is 0. The Morgan fingerprint density at radius 1 is 1.04 bits per heavy atom. The number of hydrogen-bond acceptors (Lipinski definition) is 4. The zero-order valence-corrected chi connectivity index (χ0v) is 15.5. The molecular formula is C22H23N3O2. The van der Waals surface area contributed by atoms with Gasteiger partial charge < -0.3 is 15.4 Å². The van der Waals surface area contributed by atoms with Crippen molar-refractivity contribution in [1.29, 1.82) is 0 Å². The molecule has 0 atom stereocenters. The monoisotopic (exact) mass is 361 g/mol. The second kappa shape index (κ2) is 8.85. The number of aryl methyl sites for hydroxylation is 2. The summed E-state index contributed by atoms with van der Waals surface area (Å²) in [5, 5.41) is 6.12. The number of anilines is 3. The summed E-state index contributed by atoms with van der Waals surface area (Å²) in [4.78, 5) is 16.3. The Morgan fingerprint density at radius 3 is 2.56 bits per heavy atom. The quantitative estimate of drug-likeness (QED) is 0.631. The third-order valence-electron chi connectivity index (χ3n) is 4.03. The number of carbonyl (C=O) groups is 1. The Hall–Kier alpha value is -3.34. The lowest BCUT2D eigenvalue weighted by Crippen LogP contribution is -2.16. The van der Waals surface area contributed by atoms with Gasteiger partial charge in [-0.1, -0.05) is 35.9 Å². The molecule has 5 heteroatoms. The van der Waals surface area contributed by atoms with Crippen LogP contribution in [-0.4, -0.2) is 17.5 Å². The van der Waals surface area contributed by atoms with Gasteiger partial charge in [0.15, 0.2) is 0 Å². The molecule has 0 aliphatic rings. The molecule has 2 N–H and O–H groups in total. The highest BCUT2D eigenvalue weighted by molar-refractivity contribution is 5.89. The summed E-state index contributed by atoms with van der Waals surface area (Å²) in [5.41, 5.74) is 4.31. The average Bonchev–Trinajstić information content (AvgIpc) is 2.66. The number of pyridine rings is 1. The van der Waals surface area contributed by atoms with Crippen molar-refractivity contribution >= 4 is 23.1 Å². The summed E-state index contributed by atoms with van der Waals surface area (Å²) in [7, 11) is 0. The first-order valence-electron chi connectivity index (χ1n) is 8.88. The number of benzene rings is 2. The van der Waals surface area contributed by atoms with Crippen LogP contribution in [0.5, 0.6) is 5.75 Å². The van der Waals surface area contributed by atoms with Crippen LogP contribution >= 0.6 is 0 Å². The molecule has 0 aliphatic heterocycles. The Bertz CT molecular complexity index is 893. The Balaban J connectivity index is 1.49.